The lowest BCUT2D eigenvalue weighted by atomic mass is 10.0. The van der Waals surface area contributed by atoms with Gasteiger partial charge in [-0.1, -0.05) is 127 Å². The molecule has 0 spiro atoms. The van der Waals surface area contributed by atoms with Gasteiger partial charge in [0.15, 0.2) is 0 Å². The standard InChI is InChI=1S/C32H34NO.BrH/c1-33(2,26-29-22-20-28(21-23-29)19-18-27-12-6-3-7-13-27)24-25-34-32(30-14-8-4-9-15-30)31-16-10-5-11-17-31;/h3-23,32H,24-26H2,1-2H3;1H/q+1;/p-1. The molecule has 0 aliphatic rings. The maximum Gasteiger partial charge on any atom is 0.108 e. The van der Waals surface area contributed by atoms with Crippen LogP contribution in [0.4, 0.5) is 0 Å². The number of rotatable bonds is 10. The fourth-order valence-electron chi connectivity index (χ4n) is 4.12. The molecule has 0 bridgehead atoms. The molecule has 0 saturated carbocycles. The van der Waals surface area contributed by atoms with Crippen LogP contribution in [0.3, 0.4) is 0 Å². The summed E-state index contributed by atoms with van der Waals surface area (Å²) in [6.07, 6.45) is 4.28. The molecule has 0 saturated heterocycles. The van der Waals surface area contributed by atoms with Crippen LogP contribution in [0.15, 0.2) is 115 Å². The summed E-state index contributed by atoms with van der Waals surface area (Å²) in [5.41, 5.74) is 6.16. The summed E-state index contributed by atoms with van der Waals surface area (Å²) >= 11 is 0. The van der Waals surface area contributed by atoms with E-state index < -0.39 is 0 Å². The third kappa shape index (κ3) is 8.32. The topological polar surface area (TPSA) is 9.23 Å². The van der Waals surface area contributed by atoms with Crippen molar-refractivity contribution in [3.05, 3.63) is 143 Å². The van der Waals surface area contributed by atoms with Crippen LogP contribution in [0.5, 0.6) is 0 Å². The molecule has 4 aromatic carbocycles. The third-order valence-electron chi connectivity index (χ3n) is 6.04. The predicted octanol–water partition coefficient (Wildman–Crippen LogP) is 4.24. The highest BCUT2D eigenvalue weighted by Gasteiger charge is 2.19. The van der Waals surface area contributed by atoms with E-state index in [-0.39, 0.29) is 23.1 Å². The Balaban J connectivity index is 0.00000342. The average Bonchev–Trinajstić information content (AvgIpc) is 2.88. The van der Waals surface area contributed by atoms with Gasteiger partial charge in [0, 0.05) is 5.56 Å². The highest BCUT2D eigenvalue weighted by molar-refractivity contribution is 5.69. The number of quaternary nitrogens is 1. The largest absolute Gasteiger partial charge is 1.00 e. The van der Waals surface area contributed by atoms with Gasteiger partial charge in [-0.05, 0) is 22.3 Å². The second kappa shape index (κ2) is 13.2. The number of hydrogen-bond donors (Lipinski definition) is 0. The number of benzene rings is 4. The molecular formula is C32H34BrNO. The van der Waals surface area contributed by atoms with Gasteiger partial charge in [-0.2, -0.15) is 0 Å². The molecule has 180 valence electrons. The first-order chi connectivity index (χ1) is 16.6. The van der Waals surface area contributed by atoms with Crippen LogP contribution < -0.4 is 17.0 Å². The van der Waals surface area contributed by atoms with E-state index in [9.17, 15) is 0 Å². The SMILES string of the molecule is C[N+](C)(CCOC(c1ccccc1)c1ccccc1)Cc1ccc(C=Cc2ccccc2)cc1.[Br-]. The van der Waals surface area contributed by atoms with Crippen LogP contribution in [0, 0.1) is 0 Å². The van der Waals surface area contributed by atoms with E-state index in [2.05, 4.69) is 123 Å². The fraction of sp³-hybridized carbons (Fsp3) is 0.188. The molecule has 0 N–H and O–H groups in total. The van der Waals surface area contributed by atoms with Gasteiger partial charge >= 0.3 is 0 Å². The van der Waals surface area contributed by atoms with Crippen LogP contribution in [0.1, 0.15) is 33.9 Å². The Bertz CT molecular complexity index is 1120. The van der Waals surface area contributed by atoms with E-state index in [1.54, 1.807) is 0 Å². The van der Waals surface area contributed by atoms with Gasteiger partial charge in [0.05, 0.1) is 20.7 Å². The van der Waals surface area contributed by atoms with E-state index in [1.165, 1.54) is 27.8 Å². The molecule has 3 heteroatoms. The van der Waals surface area contributed by atoms with Crippen molar-refractivity contribution in [3.8, 4) is 0 Å². The van der Waals surface area contributed by atoms with Gasteiger partial charge in [0.2, 0.25) is 0 Å². The van der Waals surface area contributed by atoms with Crippen molar-refractivity contribution in [2.24, 2.45) is 0 Å². The molecule has 0 heterocycles. The fourth-order valence-corrected chi connectivity index (χ4v) is 4.12. The molecule has 0 aliphatic heterocycles. The van der Waals surface area contributed by atoms with Crippen LogP contribution >= 0.6 is 0 Å². The van der Waals surface area contributed by atoms with E-state index in [0.29, 0.717) is 6.61 Å². The lowest BCUT2D eigenvalue weighted by Gasteiger charge is -2.31. The van der Waals surface area contributed by atoms with Crippen molar-refractivity contribution in [1.82, 2.24) is 0 Å². The summed E-state index contributed by atoms with van der Waals surface area (Å²) in [5.74, 6) is 0. The molecule has 2 nitrogen and oxygen atoms in total. The second-order valence-electron chi connectivity index (χ2n) is 9.38. The maximum atomic E-state index is 6.46. The van der Waals surface area contributed by atoms with Crippen molar-refractivity contribution in [2.45, 2.75) is 12.6 Å². The quantitative estimate of drug-likeness (QED) is 0.221. The Morgan fingerprint density at radius 3 is 1.60 bits per heavy atom. The number of ether oxygens (including phenoxy) is 1. The predicted molar refractivity (Wildman–Crippen MR) is 143 cm³/mol. The minimum Gasteiger partial charge on any atom is -1.00 e. The van der Waals surface area contributed by atoms with Crippen LogP contribution in [-0.2, 0) is 11.3 Å². The minimum absolute atomic E-state index is 0. The van der Waals surface area contributed by atoms with E-state index >= 15 is 0 Å². The third-order valence-corrected chi connectivity index (χ3v) is 6.04. The second-order valence-corrected chi connectivity index (χ2v) is 9.38. The van der Waals surface area contributed by atoms with Gasteiger partial charge < -0.3 is 26.2 Å². The minimum atomic E-state index is -0.0434. The molecule has 4 rings (SSSR count). The summed E-state index contributed by atoms with van der Waals surface area (Å²) in [7, 11) is 4.54. The molecule has 0 radical (unpaired) electrons. The highest BCUT2D eigenvalue weighted by Crippen LogP contribution is 2.26. The van der Waals surface area contributed by atoms with E-state index in [4.69, 9.17) is 4.74 Å². The number of nitrogens with zero attached hydrogens (tertiary/aromatic N) is 1. The van der Waals surface area contributed by atoms with Crippen LogP contribution in [0.25, 0.3) is 12.2 Å². The Labute approximate surface area is 220 Å². The van der Waals surface area contributed by atoms with Crippen LogP contribution in [-0.4, -0.2) is 31.7 Å². The molecule has 35 heavy (non-hydrogen) atoms. The van der Waals surface area contributed by atoms with Gasteiger partial charge in [-0.25, -0.2) is 0 Å². The summed E-state index contributed by atoms with van der Waals surface area (Å²) in [5, 5.41) is 0. The van der Waals surface area contributed by atoms with Crippen LogP contribution in [0.2, 0.25) is 0 Å². The highest BCUT2D eigenvalue weighted by atomic mass is 79.9. The first kappa shape index (κ1) is 26.6. The summed E-state index contributed by atoms with van der Waals surface area (Å²) < 4.78 is 7.33. The van der Waals surface area contributed by atoms with Crippen molar-refractivity contribution in [1.29, 1.82) is 0 Å². The summed E-state index contributed by atoms with van der Waals surface area (Å²) in [6, 6.07) is 40.3. The molecule has 0 fully saturated rings. The molecule has 0 atom stereocenters. The van der Waals surface area contributed by atoms with Crippen molar-refractivity contribution >= 4 is 12.2 Å². The average molecular weight is 529 g/mol. The normalized spacial score (nSPS) is 11.5. The van der Waals surface area contributed by atoms with E-state index in [1.807, 2.05) is 18.2 Å². The van der Waals surface area contributed by atoms with Gasteiger partial charge in [0.25, 0.3) is 0 Å². The van der Waals surface area contributed by atoms with E-state index in [0.717, 1.165) is 17.6 Å². The monoisotopic (exact) mass is 527 g/mol. The zero-order valence-electron chi connectivity index (χ0n) is 20.6. The molecular weight excluding hydrogens is 494 g/mol. The number of hydrogen-bond acceptors (Lipinski definition) is 1. The smallest absolute Gasteiger partial charge is 0.108 e. The Hall–Kier alpha value is -2.98. The number of halogens is 1. The Kier molecular flexibility index (Phi) is 10.0. The molecule has 0 unspecified atom stereocenters. The van der Waals surface area contributed by atoms with Gasteiger partial charge in [-0.3, -0.25) is 0 Å². The molecule has 4 aromatic rings. The van der Waals surface area contributed by atoms with Gasteiger partial charge in [-0.15, -0.1) is 0 Å². The molecule has 0 aromatic heterocycles. The molecule has 0 amide bonds. The lowest BCUT2D eigenvalue weighted by molar-refractivity contribution is -0.904. The Morgan fingerprint density at radius 1 is 0.629 bits per heavy atom. The van der Waals surface area contributed by atoms with Crippen molar-refractivity contribution < 1.29 is 26.2 Å². The summed E-state index contributed by atoms with van der Waals surface area (Å²) in [6.45, 7) is 2.60. The summed E-state index contributed by atoms with van der Waals surface area (Å²) in [4.78, 5) is 0. The lowest BCUT2D eigenvalue weighted by Crippen LogP contribution is -3.00. The zero-order chi connectivity index (χ0) is 23.6. The zero-order valence-corrected chi connectivity index (χ0v) is 22.1. The molecule has 0 aliphatic carbocycles. The van der Waals surface area contributed by atoms with Crippen molar-refractivity contribution in [3.63, 3.8) is 0 Å². The maximum absolute atomic E-state index is 6.46. The Morgan fingerprint density at radius 2 is 1.09 bits per heavy atom. The van der Waals surface area contributed by atoms with Crippen molar-refractivity contribution in [2.75, 3.05) is 27.2 Å². The first-order valence-electron chi connectivity index (χ1n) is 11.9. The van der Waals surface area contributed by atoms with Gasteiger partial charge in [0.1, 0.15) is 19.2 Å². The number of likely N-dealkylation sites (N-methyl/N-ethyl adjacent to an activating group) is 1. The first-order valence-corrected chi connectivity index (χ1v) is 11.9.